The molecule has 0 bridgehead atoms. The van der Waals surface area contributed by atoms with Crippen molar-refractivity contribution in [3.05, 3.63) is 59.1 Å². The average molecular weight is 343 g/mol. The smallest absolute Gasteiger partial charge is 0.227 e. The highest BCUT2D eigenvalue weighted by atomic mass is 35.5. The van der Waals surface area contributed by atoms with Crippen LogP contribution in [0.4, 0.5) is 5.82 Å². The van der Waals surface area contributed by atoms with E-state index in [1.54, 1.807) is 12.1 Å². The SMILES string of the molecule is Cc1ccc(-c2noc(CCC(=O)Nc3ccc(Cl)cn3)n2)cc1. The second-order valence-corrected chi connectivity index (χ2v) is 5.72. The van der Waals surface area contributed by atoms with Crippen LogP contribution in [0.15, 0.2) is 47.1 Å². The summed E-state index contributed by atoms with van der Waals surface area (Å²) in [4.78, 5) is 20.2. The van der Waals surface area contributed by atoms with Gasteiger partial charge in [0.25, 0.3) is 0 Å². The maximum Gasteiger partial charge on any atom is 0.227 e. The van der Waals surface area contributed by atoms with Crippen molar-refractivity contribution >= 4 is 23.3 Å². The summed E-state index contributed by atoms with van der Waals surface area (Å²) < 4.78 is 5.19. The molecule has 0 aliphatic heterocycles. The maximum absolute atomic E-state index is 11.9. The van der Waals surface area contributed by atoms with Crippen LogP contribution >= 0.6 is 11.6 Å². The van der Waals surface area contributed by atoms with Gasteiger partial charge < -0.3 is 9.84 Å². The number of hydrogen-bond acceptors (Lipinski definition) is 5. The largest absolute Gasteiger partial charge is 0.339 e. The quantitative estimate of drug-likeness (QED) is 0.765. The molecule has 1 aromatic carbocycles. The van der Waals surface area contributed by atoms with Crippen molar-refractivity contribution in [2.75, 3.05) is 5.32 Å². The van der Waals surface area contributed by atoms with Crippen LogP contribution < -0.4 is 5.32 Å². The lowest BCUT2D eigenvalue weighted by atomic mass is 10.1. The van der Waals surface area contributed by atoms with Crippen LogP contribution in [0, 0.1) is 6.92 Å². The van der Waals surface area contributed by atoms with E-state index in [1.165, 1.54) is 6.20 Å². The molecule has 0 fully saturated rings. The number of rotatable bonds is 5. The summed E-state index contributed by atoms with van der Waals surface area (Å²) >= 11 is 5.75. The predicted octanol–water partition coefficient (Wildman–Crippen LogP) is 3.66. The summed E-state index contributed by atoms with van der Waals surface area (Å²) in [6, 6.07) is 11.1. The van der Waals surface area contributed by atoms with Crippen molar-refractivity contribution in [2.45, 2.75) is 19.8 Å². The Morgan fingerprint density at radius 1 is 1.21 bits per heavy atom. The first-order valence-electron chi connectivity index (χ1n) is 7.41. The Morgan fingerprint density at radius 3 is 2.71 bits per heavy atom. The average Bonchev–Trinajstić information content (AvgIpc) is 3.05. The molecule has 2 heterocycles. The standard InChI is InChI=1S/C17H15ClN4O2/c1-11-2-4-12(5-3-11)17-21-16(24-22-17)9-8-15(23)20-14-7-6-13(18)10-19-14/h2-7,10H,8-9H2,1H3,(H,19,20,23). The Kier molecular flexibility index (Phi) is 4.86. The lowest BCUT2D eigenvalue weighted by Gasteiger charge is -2.02. The summed E-state index contributed by atoms with van der Waals surface area (Å²) in [7, 11) is 0. The minimum Gasteiger partial charge on any atom is -0.339 e. The zero-order valence-electron chi connectivity index (χ0n) is 13.0. The fourth-order valence-electron chi connectivity index (χ4n) is 2.05. The lowest BCUT2D eigenvalue weighted by Crippen LogP contribution is -2.13. The normalized spacial score (nSPS) is 10.6. The number of hydrogen-bond donors (Lipinski definition) is 1. The van der Waals surface area contributed by atoms with Crippen LogP contribution in [-0.4, -0.2) is 21.0 Å². The van der Waals surface area contributed by atoms with Gasteiger partial charge in [0.2, 0.25) is 17.6 Å². The molecule has 3 aromatic rings. The first-order chi connectivity index (χ1) is 11.6. The number of aromatic nitrogens is 3. The van der Waals surface area contributed by atoms with Crippen molar-refractivity contribution in [3.63, 3.8) is 0 Å². The van der Waals surface area contributed by atoms with E-state index in [9.17, 15) is 4.79 Å². The molecule has 0 aliphatic carbocycles. The molecule has 24 heavy (non-hydrogen) atoms. The summed E-state index contributed by atoms with van der Waals surface area (Å²) in [5, 5.41) is 7.14. The molecule has 0 aliphatic rings. The molecule has 7 heteroatoms. The van der Waals surface area contributed by atoms with Gasteiger partial charge in [-0.1, -0.05) is 46.6 Å². The number of aryl methyl sites for hydroxylation is 2. The van der Waals surface area contributed by atoms with Crippen LogP contribution in [0.1, 0.15) is 17.9 Å². The van der Waals surface area contributed by atoms with Crippen LogP contribution in [0.2, 0.25) is 5.02 Å². The van der Waals surface area contributed by atoms with Crippen molar-refractivity contribution in [1.82, 2.24) is 15.1 Å². The third-order valence-electron chi connectivity index (χ3n) is 3.34. The molecule has 0 saturated heterocycles. The fraction of sp³-hybridized carbons (Fsp3) is 0.176. The highest BCUT2D eigenvalue weighted by molar-refractivity contribution is 6.30. The second-order valence-electron chi connectivity index (χ2n) is 5.29. The molecule has 0 saturated carbocycles. The summed E-state index contributed by atoms with van der Waals surface area (Å²) in [5.41, 5.74) is 2.04. The second kappa shape index (κ2) is 7.23. The Morgan fingerprint density at radius 2 is 2.00 bits per heavy atom. The Balaban J connectivity index is 1.56. The predicted molar refractivity (Wildman–Crippen MR) is 90.7 cm³/mol. The zero-order valence-corrected chi connectivity index (χ0v) is 13.7. The van der Waals surface area contributed by atoms with Gasteiger partial charge in [0.1, 0.15) is 5.82 Å². The number of pyridine rings is 1. The fourth-order valence-corrected chi connectivity index (χ4v) is 2.16. The lowest BCUT2D eigenvalue weighted by molar-refractivity contribution is -0.116. The molecule has 0 atom stereocenters. The number of nitrogens with zero attached hydrogens (tertiary/aromatic N) is 3. The Labute approximate surface area is 143 Å². The number of benzene rings is 1. The summed E-state index contributed by atoms with van der Waals surface area (Å²) in [6.07, 6.45) is 2.06. The van der Waals surface area contributed by atoms with E-state index in [0.717, 1.165) is 11.1 Å². The van der Waals surface area contributed by atoms with Crippen LogP contribution in [0.25, 0.3) is 11.4 Å². The summed E-state index contributed by atoms with van der Waals surface area (Å²) in [6.45, 7) is 2.01. The van der Waals surface area contributed by atoms with Crippen molar-refractivity contribution in [3.8, 4) is 11.4 Å². The molecular weight excluding hydrogens is 328 g/mol. The van der Waals surface area contributed by atoms with Crippen LogP contribution in [0.5, 0.6) is 0 Å². The third kappa shape index (κ3) is 4.17. The molecule has 0 radical (unpaired) electrons. The first-order valence-corrected chi connectivity index (χ1v) is 7.79. The molecule has 122 valence electrons. The number of carbonyl (C=O) groups is 1. The van der Waals surface area contributed by atoms with Gasteiger partial charge in [0, 0.05) is 24.6 Å². The summed E-state index contributed by atoms with van der Waals surface area (Å²) in [5.74, 6) is 1.21. The first kappa shape index (κ1) is 16.1. The van der Waals surface area contributed by atoms with E-state index >= 15 is 0 Å². The third-order valence-corrected chi connectivity index (χ3v) is 3.56. The van der Waals surface area contributed by atoms with Crippen molar-refractivity contribution in [2.24, 2.45) is 0 Å². The number of halogens is 1. The zero-order chi connectivity index (χ0) is 16.9. The van der Waals surface area contributed by atoms with Gasteiger partial charge in [-0.25, -0.2) is 4.98 Å². The highest BCUT2D eigenvalue weighted by Gasteiger charge is 2.11. The minimum atomic E-state index is -0.181. The Bertz CT molecular complexity index is 829. The van der Waals surface area contributed by atoms with E-state index in [4.69, 9.17) is 16.1 Å². The molecule has 6 nitrogen and oxygen atoms in total. The van der Waals surface area contributed by atoms with Crippen molar-refractivity contribution < 1.29 is 9.32 Å². The van der Waals surface area contributed by atoms with Gasteiger partial charge >= 0.3 is 0 Å². The van der Waals surface area contributed by atoms with Gasteiger partial charge in [0.15, 0.2) is 0 Å². The number of amides is 1. The molecular formula is C17H15ClN4O2. The highest BCUT2D eigenvalue weighted by Crippen LogP contribution is 2.17. The van der Waals surface area contributed by atoms with E-state index < -0.39 is 0 Å². The molecule has 2 aromatic heterocycles. The van der Waals surface area contributed by atoms with Gasteiger partial charge in [-0.2, -0.15) is 4.98 Å². The van der Waals surface area contributed by atoms with E-state index in [-0.39, 0.29) is 12.3 Å². The van der Waals surface area contributed by atoms with Gasteiger partial charge in [0.05, 0.1) is 5.02 Å². The van der Waals surface area contributed by atoms with Gasteiger partial charge in [-0.3, -0.25) is 4.79 Å². The topological polar surface area (TPSA) is 80.9 Å². The van der Waals surface area contributed by atoms with E-state index in [1.807, 2.05) is 31.2 Å². The van der Waals surface area contributed by atoms with Crippen LogP contribution in [-0.2, 0) is 11.2 Å². The van der Waals surface area contributed by atoms with Gasteiger partial charge in [-0.05, 0) is 19.1 Å². The van der Waals surface area contributed by atoms with E-state index in [0.29, 0.717) is 29.0 Å². The van der Waals surface area contributed by atoms with Crippen molar-refractivity contribution in [1.29, 1.82) is 0 Å². The Hall–Kier alpha value is -2.73. The van der Waals surface area contributed by atoms with E-state index in [2.05, 4.69) is 20.4 Å². The molecule has 0 unspecified atom stereocenters. The number of nitrogens with one attached hydrogen (secondary N) is 1. The number of carbonyl (C=O) groups excluding carboxylic acids is 1. The monoisotopic (exact) mass is 342 g/mol. The minimum absolute atomic E-state index is 0.181. The molecule has 0 spiro atoms. The van der Waals surface area contributed by atoms with Gasteiger partial charge in [-0.15, -0.1) is 0 Å². The molecule has 1 amide bonds. The van der Waals surface area contributed by atoms with Crippen LogP contribution in [0.3, 0.4) is 0 Å². The maximum atomic E-state index is 11.9. The number of anilines is 1. The molecule has 1 N–H and O–H groups in total. The molecule has 3 rings (SSSR count).